The molecule has 35 heavy (non-hydrogen) atoms. The number of benzene rings is 1. The van der Waals surface area contributed by atoms with Crippen LogP contribution in [0.2, 0.25) is 0 Å². The molecule has 1 unspecified atom stereocenters. The van der Waals surface area contributed by atoms with Crippen molar-refractivity contribution in [3.05, 3.63) is 59.0 Å². The summed E-state index contributed by atoms with van der Waals surface area (Å²) in [6.07, 6.45) is 3.65. The summed E-state index contributed by atoms with van der Waals surface area (Å²) in [4.78, 5) is 31.7. The molecule has 1 amide bonds. The highest BCUT2D eigenvalue weighted by Crippen LogP contribution is 2.29. The van der Waals surface area contributed by atoms with E-state index in [-0.39, 0.29) is 11.8 Å². The van der Waals surface area contributed by atoms with Gasteiger partial charge in [0.15, 0.2) is 17.0 Å². The van der Waals surface area contributed by atoms with Gasteiger partial charge in [0.1, 0.15) is 6.33 Å². The molecule has 0 radical (unpaired) electrons. The minimum atomic E-state index is -0.0366. The Morgan fingerprint density at radius 1 is 1.17 bits per heavy atom. The number of amides is 1. The molecule has 0 saturated carbocycles. The highest BCUT2D eigenvalue weighted by Gasteiger charge is 2.30. The van der Waals surface area contributed by atoms with Crippen LogP contribution in [0.15, 0.2) is 53.5 Å². The summed E-state index contributed by atoms with van der Waals surface area (Å²) in [6.45, 7) is 7.65. The van der Waals surface area contributed by atoms with Gasteiger partial charge in [-0.05, 0) is 43.7 Å². The van der Waals surface area contributed by atoms with Gasteiger partial charge in [-0.1, -0.05) is 30.3 Å². The van der Waals surface area contributed by atoms with Crippen LogP contribution in [0.5, 0.6) is 0 Å². The third-order valence-electron chi connectivity index (χ3n) is 6.60. The van der Waals surface area contributed by atoms with Crippen molar-refractivity contribution in [2.45, 2.75) is 33.2 Å². The molecule has 1 N–H and O–H groups in total. The van der Waals surface area contributed by atoms with Gasteiger partial charge >= 0.3 is 0 Å². The molecule has 0 aliphatic carbocycles. The molecule has 5 rings (SSSR count). The third-order valence-corrected chi connectivity index (χ3v) is 7.27. The number of carbonyl (C=O) groups is 1. The van der Waals surface area contributed by atoms with Crippen LogP contribution in [-0.4, -0.2) is 56.5 Å². The smallest absolute Gasteiger partial charge is 0.229 e. The van der Waals surface area contributed by atoms with Crippen LogP contribution in [0.25, 0.3) is 16.9 Å². The quantitative estimate of drug-likeness (QED) is 0.391. The van der Waals surface area contributed by atoms with E-state index in [4.69, 9.17) is 9.97 Å². The Hall–Kier alpha value is -3.46. The zero-order valence-corrected chi connectivity index (χ0v) is 21.0. The maximum absolute atomic E-state index is 13.1. The predicted octanol–water partition coefficient (Wildman–Crippen LogP) is 4.57. The SMILES string of the molecule is CCN(CC)C(=O)C1CCCN(c2nc(NCc3ccccc3)c3ncn(-c4ccsc4)c3n2)C1. The fraction of sp³-hybridized carbons (Fsp3) is 0.385. The Morgan fingerprint density at radius 3 is 2.74 bits per heavy atom. The minimum absolute atomic E-state index is 0.0366. The van der Waals surface area contributed by atoms with Crippen LogP contribution >= 0.6 is 11.3 Å². The Morgan fingerprint density at radius 2 is 2.00 bits per heavy atom. The molecule has 1 aliphatic heterocycles. The van der Waals surface area contributed by atoms with Gasteiger partial charge in [-0.25, -0.2) is 4.98 Å². The first-order valence-electron chi connectivity index (χ1n) is 12.3. The van der Waals surface area contributed by atoms with Gasteiger partial charge in [0.25, 0.3) is 0 Å². The number of piperidine rings is 1. The highest BCUT2D eigenvalue weighted by atomic mass is 32.1. The van der Waals surface area contributed by atoms with Crippen molar-refractivity contribution in [3.8, 4) is 5.69 Å². The summed E-state index contributed by atoms with van der Waals surface area (Å²) in [6, 6.07) is 12.3. The Kier molecular flexibility index (Phi) is 6.94. The third kappa shape index (κ3) is 4.86. The van der Waals surface area contributed by atoms with Crippen molar-refractivity contribution in [3.63, 3.8) is 0 Å². The zero-order valence-electron chi connectivity index (χ0n) is 20.2. The van der Waals surface area contributed by atoms with Gasteiger partial charge in [-0.15, -0.1) is 0 Å². The van der Waals surface area contributed by atoms with E-state index in [1.807, 2.05) is 53.2 Å². The molecule has 8 nitrogen and oxygen atoms in total. The lowest BCUT2D eigenvalue weighted by molar-refractivity contribution is -0.135. The molecular formula is C26H31N7OS. The van der Waals surface area contributed by atoms with Gasteiger partial charge in [0, 0.05) is 38.1 Å². The summed E-state index contributed by atoms with van der Waals surface area (Å²) < 4.78 is 2.01. The molecule has 182 valence electrons. The van der Waals surface area contributed by atoms with E-state index in [0.29, 0.717) is 24.9 Å². The summed E-state index contributed by atoms with van der Waals surface area (Å²) in [5, 5.41) is 7.62. The monoisotopic (exact) mass is 489 g/mol. The van der Waals surface area contributed by atoms with Crippen LogP contribution in [-0.2, 0) is 11.3 Å². The van der Waals surface area contributed by atoms with E-state index in [9.17, 15) is 4.79 Å². The van der Waals surface area contributed by atoms with Crippen LogP contribution in [0.4, 0.5) is 11.8 Å². The number of nitrogens with zero attached hydrogens (tertiary/aromatic N) is 6. The number of hydrogen-bond acceptors (Lipinski definition) is 7. The zero-order chi connectivity index (χ0) is 24.2. The number of nitrogens with one attached hydrogen (secondary N) is 1. The number of fused-ring (bicyclic) bond motifs is 1. The Balaban J connectivity index is 1.49. The second kappa shape index (κ2) is 10.4. The van der Waals surface area contributed by atoms with E-state index < -0.39 is 0 Å². The molecule has 4 heterocycles. The van der Waals surface area contributed by atoms with Crippen molar-refractivity contribution < 1.29 is 4.79 Å². The average Bonchev–Trinajstić information content (AvgIpc) is 3.58. The first-order valence-corrected chi connectivity index (χ1v) is 13.2. The Bertz CT molecular complexity index is 1270. The topological polar surface area (TPSA) is 79.2 Å². The number of rotatable bonds is 8. The molecule has 1 fully saturated rings. The summed E-state index contributed by atoms with van der Waals surface area (Å²) >= 11 is 1.64. The van der Waals surface area contributed by atoms with Crippen molar-refractivity contribution in [1.82, 2.24) is 24.4 Å². The van der Waals surface area contributed by atoms with Gasteiger partial charge in [-0.3, -0.25) is 9.36 Å². The van der Waals surface area contributed by atoms with E-state index in [0.717, 1.165) is 49.3 Å². The van der Waals surface area contributed by atoms with Gasteiger partial charge in [-0.2, -0.15) is 21.3 Å². The standard InChI is InChI=1S/C26H31N7OS/c1-3-31(4-2)25(34)20-11-8-13-32(16-20)26-29-23(27-15-19-9-6-5-7-10-19)22-24(30-26)33(18-28-22)21-12-14-35-17-21/h5-7,9-10,12,14,17-18,20H,3-4,8,11,13,15-16H2,1-2H3,(H,27,29,30). The first-order chi connectivity index (χ1) is 17.2. The second-order valence-corrected chi connectivity index (χ2v) is 9.56. The number of thiophene rings is 1. The molecule has 4 aromatic rings. The molecule has 1 atom stereocenters. The summed E-state index contributed by atoms with van der Waals surface area (Å²) in [7, 11) is 0. The van der Waals surface area contributed by atoms with Crippen molar-refractivity contribution >= 4 is 40.2 Å². The van der Waals surface area contributed by atoms with Crippen LogP contribution in [0.1, 0.15) is 32.3 Å². The van der Waals surface area contributed by atoms with Crippen molar-refractivity contribution in [2.24, 2.45) is 5.92 Å². The van der Waals surface area contributed by atoms with Crippen LogP contribution < -0.4 is 10.2 Å². The fourth-order valence-corrected chi connectivity index (χ4v) is 5.30. The summed E-state index contributed by atoms with van der Waals surface area (Å²) in [5.74, 6) is 1.54. The molecule has 3 aromatic heterocycles. The van der Waals surface area contributed by atoms with E-state index in [1.165, 1.54) is 5.56 Å². The predicted molar refractivity (Wildman–Crippen MR) is 141 cm³/mol. The van der Waals surface area contributed by atoms with E-state index in [2.05, 4.69) is 38.8 Å². The van der Waals surface area contributed by atoms with Gasteiger partial charge in [0.05, 0.1) is 11.6 Å². The molecular weight excluding hydrogens is 458 g/mol. The summed E-state index contributed by atoms with van der Waals surface area (Å²) in [5.41, 5.74) is 3.70. The number of aromatic nitrogens is 4. The molecule has 0 bridgehead atoms. The molecule has 1 aliphatic rings. The largest absolute Gasteiger partial charge is 0.364 e. The van der Waals surface area contributed by atoms with Crippen molar-refractivity contribution in [2.75, 3.05) is 36.4 Å². The van der Waals surface area contributed by atoms with E-state index in [1.54, 1.807) is 11.3 Å². The average molecular weight is 490 g/mol. The number of carbonyl (C=O) groups excluding carboxylic acids is 1. The number of hydrogen-bond donors (Lipinski definition) is 1. The molecule has 9 heteroatoms. The molecule has 1 saturated heterocycles. The Labute approximate surface area is 209 Å². The molecule has 1 aromatic carbocycles. The van der Waals surface area contributed by atoms with Gasteiger partial charge < -0.3 is 15.1 Å². The second-order valence-electron chi connectivity index (χ2n) is 8.78. The lowest BCUT2D eigenvalue weighted by Gasteiger charge is -2.34. The lowest BCUT2D eigenvalue weighted by atomic mass is 9.96. The minimum Gasteiger partial charge on any atom is -0.364 e. The maximum atomic E-state index is 13.1. The maximum Gasteiger partial charge on any atom is 0.229 e. The van der Waals surface area contributed by atoms with Crippen LogP contribution in [0.3, 0.4) is 0 Å². The van der Waals surface area contributed by atoms with Gasteiger partial charge in [0.2, 0.25) is 11.9 Å². The normalized spacial score (nSPS) is 15.9. The number of anilines is 2. The number of imidazole rings is 1. The lowest BCUT2D eigenvalue weighted by Crippen LogP contribution is -2.45. The first kappa shape index (κ1) is 23.3. The van der Waals surface area contributed by atoms with Crippen LogP contribution in [0, 0.1) is 5.92 Å². The highest BCUT2D eigenvalue weighted by molar-refractivity contribution is 7.08. The fourth-order valence-electron chi connectivity index (χ4n) is 4.67. The van der Waals surface area contributed by atoms with E-state index >= 15 is 0 Å². The molecule has 0 spiro atoms. The van der Waals surface area contributed by atoms with Crippen molar-refractivity contribution in [1.29, 1.82) is 0 Å².